The van der Waals surface area contributed by atoms with Gasteiger partial charge in [0.1, 0.15) is 11.2 Å². The molecule has 7 aliphatic rings. The molecule has 2 spiro atoms. The zero-order chi connectivity index (χ0) is 20.9. The van der Waals surface area contributed by atoms with Crippen LogP contribution in [0.2, 0.25) is 0 Å². The average molecular weight is 408 g/mol. The molecule has 30 heavy (non-hydrogen) atoms. The van der Waals surface area contributed by atoms with Crippen molar-refractivity contribution in [2.45, 2.75) is 82.5 Å². The monoisotopic (exact) mass is 408 g/mol. The SMILES string of the molecule is CC12C[C@H]3O[C@@]34C(C3C[C@]5(C#N)C(=C3N)C(=O)CCC54C)C1CC[C@@]21CCC(=O)O1. The first-order valence-corrected chi connectivity index (χ1v) is 11.5. The summed E-state index contributed by atoms with van der Waals surface area (Å²) < 4.78 is 12.8. The fraction of sp³-hybridized carbons (Fsp3) is 0.792. The number of nitrogens with zero attached hydrogens (tertiary/aromatic N) is 1. The van der Waals surface area contributed by atoms with Crippen LogP contribution in [0.25, 0.3) is 0 Å². The second-order valence-corrected chi connectivity index (χ2v) is 11.6. The zero-order valence-electron chi connectivity index (χ0n) is 17.6. The van der Waals surface area contributed by atoms with Crippen LogP contribution in [0.1, 0.15) is 65.2 Å². The lowest BCUT2D eigenvalue weighted by molar-refractivity contribution is -0.171. The minimum atomic E-state index is -0.813. The molecule has 0 amide bonds. The molecule has 0 aromatic heterocycles. The Hall–Kier alpha value is -1.87. The predicted molar refractivity (Wildman–Crippen MR) is 104 cm³/mol. The molecule has 9 atom stereocenters. The smallest absolute Gasteiger partial charge is 0.306 e. The number of epoxide rings is 1. The highest BCUT2D eigenvalue weighted by atomic mass is 16.6. The molecule has 2 aliphatic heterocycles. The molecule has 158 valence electrons. The number of carbonyl (C=O) groups is 2. The summed E-state index contributed by atoms with van der Waals surface area (Å²) in [4.78, 5) is 25.1. The minimum absolute atomic E-state index is 0.0108. The van der Waals surface area contributed by atoms with E-state index in [0.717, 1.165) is 25.7 Å². The molecular formula is C24H28N2O4. The fourth-order valence-electron chi connectivity index (χ4n) is 9.90. The summed E-state index contributed by atoms with van der Waals surface area (Å²) in [6.07, 6.45) is 5.92. The zero-order valence-corrected chi connectivity index (χ0v) is 17.6. The summed E-state index contributed by atoms with van der Waals surface area (Å²) >= 11 is 0. The van der Waals surface area contributed by atoms with E-state index in [0.29, 0.717) is 42.9 Å². The van der Waals surface area contributed by atoms with Crippen LogP contribution in [0.15, 0.2) is 11.3 Å². The van der Waals surface area contributed by atoms with E-state index in [1.54, 1.807) is 0 Å². The van der Waals surface area contributed by atoms with Crippen LogP contribution >= 0.6 is 0 Å². The maximum atomic E-state index is 13.0. The van der Waals surface area contributed by atoms with E-state index < -0.39 is 10.8 Å². The summed E-state index contributed by atoms with van der Waals surface area (Å²) in [5, 5.41) is 10.4. The van der Waals surface area contributed by atoms with Crippen molar-refractivity contribution >= 4 is 11.8 Å². The number of nitriles is 1. The number of fused-ring (bicyclic) bond motifs is 5. The van der Waals surface area contributed by atoms with E-state index >= 15 is 0 Å². The Morgan fingerprint density at radius 2 is 1.93 bits per heavy atom. The van der Waals surface area contributed by atoms with Gasteiger partial charge in [-0.1, -0.05) is 13.8 Å². The third-order valence-corrected chi connectivity index (χ3v) is 11.3. The highest BCUT2D eigenvalue weighted by Gasteiger charge is 2.88. The first-order chi connectivity index (χ1) is 14.2. The second-order valence-electron chi connectivity index (χ2n) is 11.6. The molecule has 5 unspecified atom stereocenters. The number of hydrogen-bond donors (Lipinski definition) is 1. The predicted octanol–water partition coefficient (Wildman–Crippen LogP) is 2.76. The maximum absolute atomic E-state index is 13.0. The number of allylic oxidation sites excluding steroid dienone is 2. The normalized spacial score (nSPS) is 59.5. The van der Waals surface area contributed by atoms with Crippen LogP contribution in [-0.2, 0) is 19.1 Å². The maximum Gasteiger partial charge on any atom is 0.306 e. The Bertz CT molecular complexity index is 1030. The Morgan fingerprint density at radius 3 is 2.63 bits per heavy atom. The van der Waals surface area contributed by atoms with Crippen molar-refractivity contribution < 1.29 is 19.1 Å². The molecule has 2 bridgehead atoms. The van der Waals surface area contributed by atoms with Gasteiger partial charge in [-0.25, -0.2) is 0 Å². The van der Waals surface area contributed by atoms with Crippen molar-refractivity contribution in [3.05, 3.63) is 11.3 Å². The van der Waals surface area contributed by atoms with Crippen molar-refractivity contribution in [2.75, 3.05) is 0 Å². The van der Waals surface area contributed by atoms with Gasteiger partial charge in [-0.05, 0) is 44.4 Å². The number of ether oxygens (including phenoxy) is 2. The molecule has 6 fully saturated rings. The minimum Gasteiger partial charge on any atom is -0.458 e. The van der Waals surface area contributed by atoms with E-state index in [2.05, 4.69) is 19.9 Å². The van der Waals surface area contributed by atoms with Crippen LogP contribution < -0.4 is 5.73 Å². The van der Waals surface area contributed by atoms with Gasteiger partial charge in [-0.15, -0.1) is 0 Å². The van der Waals surface area contributed by atoms with Gasteiger partial charge >= 0.3 is 5.97 Å². The molecule has 2 N–H and O–H groups in total. The molecule has 0 radical (unpaired) electrons. The number of nitrogens with two attached hydrogens (primary N) is 1. The Balaban J connectivity index is 1.44. The third-order valence-electron chi connectivity index (χ3n) is 11.3. The third kappa shape index (κ3) is 1.41. The van der Waals surface area contributed by atoms with Crippen molar-refractivity contribution in [3.63, 3.8) is 0 Å². The topological polar surface area (TPSA) is 106 Å². The molecule has 0 aromatic rings. The molecular weight excluding hydrogens is 380 g/mol. The van der Waals surface area contributed by atoms with Crippen molar-refractivity contribution in [2.24, 2.45) is 39.7 Å². The van der Waals surface area contributed by atoms with Crippen LogP contribution in [-0.4, -0.2) is 29.1 Å². The van der Waals surface area contributed by atoms with E-state index in [4.69, 9.17) is 15.2 Å². The Labute approximate surface area is 176 Å². The summed E-state index contributed by atoms with van der Waals surface area (Å²) in [5.74, 6) is 0.519. The fourth-order valence-corrected chi connectivity index (χ4v) is 9.90. The summed E-state index contributed by atoms with van der Waals surface area (Å²) in [5.41, 5.74) is 5.90. The van der Waals surface area contributed by atoms with Gasteiger partial charge in [0.15, 0.2) is 5.78 Å². The van der Waals surface area contributed by atoms with Crippen LogP contribution in [0.3, 0.4) is 0 Å². The molecule has 7 rings (SSSR count). The summed E-state index contributed by atoms with van der Waals surface area (Å²) in [7, 11) is 0. The number of hydrogen-bond acceptors (Lipinski definition) is 6. The molecule has 0 aromatic carbocycles. The molecule has 4 saturated carbocycles. The number of ketones is 1. The number of rotatable bonds is 0. The van der Waals surface area contributed by atoms with Gasteiger partial charge in [0.05, 0.1) is 17.6 Å². The lowest BCUT2D eigenvalue weighted by Crippen LogP contribution is -2.66. The van der Waals surface area contributed by atoms with E-state index in [9.17, 15) is 14.9 Å². The number of Topliss-reactive ketones (excluding diaryl/α,β-unsaturated/α-hetero) is 1. The number of esters is 1. The van der Waals surface area contributed by atoms with E-state index in [-0.39, 0.29) is 46.3 Å². The quantitative estimate of drug-likeness (QED) is 0.488. The summed E-state index contributed by atoms with van der Waals surface area (Å²) in [6.45, 7) is 4.51. The van der Waals surface area contributed by atoms with Crippen molar-refractivity contribution in [3.8, 4) is 6.07 Å². The van der Waals surface area contributed by atoms with Gasteiger partial charge in [0.25, 0.3) is 0 Å². The van der Waals surface area contributed by atoms with E-state index in [1.165, 1.54) is 0 Å². The molecule has 6 nitrogen and oxygen atoms in total. The highest BCUT2D eigenvalue weighted by Crippen LogP contribution is 2.83. The first-order valence-electron chi connectivity index (χ1n) is 11.5. The lowest BCUT2D eigenvalue weighted by Gasteiger charge is -2.61. The highest BCUT2D eigenvalue weighted by molar-refractivity contribution is 6.00. The largest absolute Gasteiger partial charge is 0.458 e. The second kappa shape index (κ2) is 4.65. The lowest BCUT2D eigenvalue weighted by atomic mass is 9.39. The number of carbonyl (C=O) groups excluding carboxylic acids is 2. The van der Waals surface area contributed by atoms with E-state index in [1.807, 2.05) is 0 Å². The summed E-state index contributed by atoms with van der Waals surface area (Å²) in [6, 6.07) is 2.61. The van der Waals surface area contributed by atoms with Crippen molar-refractivity contribution in [1.29, 1.82) is 5.26 Å². The first kappa shape index (κ1) is 17.8. The molecule has 6 heteroatoms. The Morgan fingerprint density at radius 1 is 1.13 bits per heavy atom. The molecule has 2 saturated heterocycles. The van der Waals surface area contributed by atoms with Crippen LogP contribution in [0, 0.1) is 45.3 Å². The standard InChI is InChI=1S/C24H28N2O4/c1-20-10-15-24(29-15)17(13(20)3-7-23(20)8-5-16(28)30-23)12-9-22(11-25)18(19(12)26)14(27)4-6-21(22,24)2/h12-13,15,17H,3-10,26H2,1-2H3/t12?,13?,15-,17?,20?,21?,22+,23-,24-/m1/s1. The van der Waals surface area contributed by atoms with Crippen LogP contribution in [0.4, 0.5) is 0 Å². The van der Waals surface area contributed by atoms with Gasteiger partial charge in [0.2, 0.25) is 0 Å². The van der Waals surface area contributed by atoms with Gasteiger partial charge in [-0.2, -0.15) is 5.26 Å². The average Bonchev–Trinajstić information content (AvgIpc) is 3.01. The van der Waals surface area contributed by atoms with Gasteiger partial charge < -0.3 is 15.2 Å². The molecule has 2 heterocycles. The van der Waals surface area contributed by atoms with Crippen molar-refractivity contribution in [1.82, 2.24) is 0 Å². The van der Waals surface area contributed by atoms with Gasteiger partial charge in [0, 0.05) is 46.8 Å². The van der Waals surface area contributed by atoms with Crippen LogP contribution in [0.5, 0.6) is 0 Å². The van der Waals surface area contributed by atoms with Gasteiger partial charge in [-0.3, -0.25) is 9.59 Å². The molecule has 5 aliphatic carbocycles. The Kier molecular flexibility index (Phi) is 2.75.